The monoisotopic (exact) mass is 316 g/mol. The van der Waals surface area contributed by atoms with Crippen molar-refractivity contribution in [1.29, 1.82) is 0 Å². The van der Waals surface area contributed by atoms with E-state index in [0.29, 0.717) is 12.8 Å². The van der Waals surface area contributed by atoms with E-state index in [1.807, 2.05) is 31.8 Å². The smallest absolute Gasteiger partial charge is 0.252 e. The highest BCUT2D eigenvalue weighted by Gasteiger charge is 2.40. The molecule has 0 saturated carbocycles. The van der Waals surface area contributed by atoms with Crippen LogP contribution in [0.15, 0.2) is 6.20 Å². The Kier molecular flexibility index (Phi) is 6.19. The van der Waals surface area contributed by atoms with E-state index >= 15 is 0 Å². The van der Waals surface area contributed by atoms with Crippen LogP contribution in [0.1, 0.15) is 37.1 Å². The minimum absolute atomic E-state index is 0. The van der Waals surface area contributed by atoms with E-state index in [1.165, 1.54) is 0 Å². The lowest BCUT2D eigenvalue weighted by Gasteiger charge is -2.35. The van der Waals surface area contributed by atoms with E-state index in [-0.39, 0.29) is 24.4 Å². The molecule has 1 amide bonds. The SMILES string of the molecule is COC1(C(=O)NC(C)c2cnn(C)c2C)CCNCC1.Cl. The molecular weight excluding hydrogens is 292 g/mol. The first-order valence-electron chi connectivity index (χ1n) is 7.05. The highest BCUT2D eigenvalue weighted by atomic mass is 35.5. The average molecular weight is 317 g/mol. The number of hydrogen-bond donors (Lipinski definition) is 2. The summed E-state index contributed by atoms with van der Waals surface area (Å²) in [4.78, 5) is 12.6. The van der Waals surface area contributed by atoms with Crippen molar-refractivity contribution < 1.29 is 9.53 Å². The standard InChI is InChI=1S/C14H24N4O2.ClH/c1-10(12-9-16-18(3)11(12)2)17-13(19)14(20-4)5-7-15-8-6-14;/h9-10,15H,5-8H2,1-4H3,(H,17,19);1H. The summed E-state index contributed by atoms with van der Waals surface area (Å²) in [5.41, 5.74) is 1.41. The number of aryl methyl sites for hydroxylation is 1. The maximum absolute atomic E-state index is 12.6. The Hall–Kier alpha value is -1.11. The van der Waals surface area contributed by atoms with Gasteiger partial charge in [0, 0.05) is 25.4 Å². The molecule has 1 aromatic rings. The molecule has 0 bridgehead atoms. The number of carbonyl (C=O) groups is 1. The molecule has 0 spiro atoms. The largest absolute Gasteiger partial charge is 0.368 e. The number of halogens is 1. The molecule has 1 saturated heterocycles. The molecular formula is C14H25ClN4O2. The number of amides is 1. The number of nitrogens with one attached hydrogen (secondary N) is 2. The maximum atomic E-state index is 12.6. The zero-order chi connectivity index (χ0) is 14.8. The lowest BCUT2D eigenvalue weighted by molar-refractivity contribution is -0.147. The molecule has 7 heteroatoms. The van der Waals surface area contributed by atoms with Crippen LogP contribution in [0.25, 0.3) is 0 Å². The van der Waals surface area contributed by atoms with Gasteiger partial charge in [-0.1, -0.05) is 0 Å². The zero-order valence-corrected chi connectivity index (χ0v) is 13.9. The van der Waals surface area contributed by atoms with Crippen LogP contribution in [0, 0.1) is 6.92 Å². The number of nitrogens with zero attached hydrogens (tertiary/aromatic N) is 2. The molecule has 2 N–H and O–H groups in total. The van der Waals surface area contributed by atoms with Crippen LogP contribution in [0.3, 0.4) is 0 Å². The summed E-state index contributed by atoms with van der Waals surface area (Å²) in [5.74, 6) is -0.0303. The molecule has 6 nitrogen and oxygen atoms in total. The van der Waals surface area contributed by atoms with Crippen LogP contribution in [0.4, 0.5) is 0 Å². The van der Waals surface area contributed by atoms with Gasteiger partial charge in [-0.2, -0.15) is 5.10 Å². The molecule has 2 rings (SSSR count). The van der Waals surface area contributed by atoms with E-state index < -0.39 is 5.60 Å². The van der Waals surface area contributed by atoms with Crippen molar-refractivity contribution in [3.8, 4) is 0 Å². The summed E-state index contributed by atoms with van der Waals surface area (Å²) in [7, 11) is 3.52. The Morgan fingerprint density at radius 3 is 2.62 bits per heavy atom. The van der Waals surface area contributed by atoms with Crippen molar-refractivity contribution >= 4 is 18.3 Å². The highest BCUT2D eigenvalue weighted by Crippen LogP contribution is 2.24. The van der Waals surface area contributed by atoms with Crippen molar-refractivity contribution in [2.75, 3.05) is 20.2 Å². The predicted molar refractivity (Wildman–Crippen MR) is 83.6 cm³/mol. The minimum Gasteiger partial charge on any atom is -0.368 e. The van der Waals surface area contributed by atoms with Gasteiger partial charge < -0.3 is 15.4 Å². The Bertz CT molecular complexity index is 483. The number of aromatic nitrogens is 2. The van der Waals surface area contributed by atoms with Crippen LogP contribution in [-0.2, 0) is 16.6 Å². The third-order valence-electron chi connectivity index (χ3n) is 4.30. The van der Waals surface area contributed by atoms with Crippen molar-refractivity contribution in [3.63, 3.8) is 0 Å². The van der Waals surface area contributed by atoms with Gasteiger partial charge in [0.2, 0.25) is 0 Å². The maximum Gasteiger partial charge on any atom is 0.252 e. The Balaban J connectivity index is 0.00000220. The third-order valence-corrected chi connectivity index (χ3v) is 4.30. The number of rotatable bonds is 4. The van der Waals surface area contributed by atoms with E-state index in [1.54, 1.807) is 7.11 Å². The molecule has 0 aromatic carbocycles. The second-order valence-electron chi connectivity index (χ2n) is 5.45. The highest BCUT2D eigenvalue weighted by molar-refractivity contribution is 5.86. The van der Waals surface area contributed by atoms with Crippen molar-refractivity contribution in [3.05, 3.63) is 17.5 Å². The molecule has 0 aliphatic carbocycles. The molecule has 2 heterocycles. The number of methoxy groups -OCH3 is 1. The summed E-state index contributed by atoms with van der Waals surface area (Å²) in [6.07, 6.45) is 3.21. The molecule has 0 radical (unpaired) electrons. The van der Waals surface area contributed by atoms with Crippen LogP contribution >= 0.6 is 12.4 Å². The Labute approximate surface area is 132 Å². The van der Waals surface area contributed by atoms with Crippen molar-refractivity contribution in [1.82, 2.24) is 20.4 Å². The van der Waals surface area contributed by atoms with Gasteiger partial charge in [-0.3, -0.25) is 9.48 Å². The van der Waals surface area contributed by atoms with Crippen LogP contribution in [0.5, 0.6) is 0 Å². The molecule has 1 aliphatic rings. The quantitative estimate of drug-likeness (QED) is 0.873. The second kappa shape index (κ2) is 7.24. The second-order valence-corrected chi connectivity index (χ2v) is 5.45. The molecule has 1 unspecified atom stereocenters. The predicted octanol–water partition coefficient (Wildman–Crippen LogP) is 1.10. The van der Waals surface area contributed by atoms with Gasteiger partial charge in [-0.15, -0.1) is 12.4 Å². The summed E-state index contributed by atoms with van der Waals surface area (Å²) < 4.78 is 7.35. The summed E-state index contributed by atoms with van der Waals surface area (Å²) in [6, 6.07) is -0.0712. The fraction of sp³-hybridized carbons (Fsp3) is 0.714. The lowest BCUT2D eigenvalue weighted by Crippen LogP contribution is -2.54. The molecule has 1 aliphatic heterocycles. The fourth-order valence-corrected chi connectivity index (χ4v) is 2.70. The van der Waals surface area contributed by atoms with Crippen LogP contribution in [0.2, 0.25) is 0 Å². The van der Waals surface area contributed by atoms with E-state index in [4.69, 9.17) is 4.74 Å². The number of hydrogen-bond acceptors (Lipinski definition) is 4. The van der Waals surface area contributed by atoms with Gasteiger partial charge in [0.25, 0.3) is 5.91 Å². The van der Waals surface area contributed by atoms with Gasteiger partial charge in [0.15, 0.2) is 0 Å². The van der Waals surface area contributed by atoms with Crippen LogP contribution in [-0.4, -0.2) is 41.5 Å². The van der Waals surface area contributed by atoms with E-state index in [2.05, 4.69) is 15.7 Å². The molecule has 1 aromatic heterocycles. The van der Waals surface area contributed by atoms with Crippen molar-refractivity contribution in [2.45, 2.75) is 38.3 Å². The van der Waals surface area contributed by atoms with E-state index in [0.717, 1.165) is 24.3 Å². The fourth-order valence-electron chi connectivity index (χ4n) is 2.70. The van der Waals surface area contributed by atoms with E-state index in [9.17, 15) is 4.79 Å². The molecule has 120 valence electrons. The molecule has 1 fully saturated rings. The topological polar surface area (TPSA) is 68.2 Å². The van der Waals surface area contributed by atoms with Gasteiger partial charge >= 0.3 is 0 Å². The van der Waals surface area contributed by atoms with Gasteiger partial charge in [0.05, 0.1) is 12.2 Å². The number of ether oxygens (including phenoxy) is 1. The first kappa shape index (κ1) is 17.9. The van der Waals surface area contributed by atoms with Crippen LogP contribution < -0.4 is 10.6 Å². The average Bonchev–Trinajstić information content (AvgIpc) is 2.79. The first-order valence-corrected chi connectivity index (χ1v) is 7.05. The minimum atomic E-state index is -0.699. The Morgan fingerprint density at radius 1 is 1.52 bits per heavy atom. The summed E-state index contributed by atoms with van der Waals surface area (Å²) in [6.45, 7) is 5.59. The Morgan fingerprint density at radius 2 is 2.14 bits per heavy atom. The summed E-state index contributed by atoms with van der Waals surface area (Å²) in [5, 5.41) is 10.5. The molecule has 1 atom stereocenters. The van der Waals surface area contributed by atoms with Gasteiger partial charge in [-0.25, -0.2) is 0 Å². The summed E-state index contributed by atoms with van der Waals surface area (Å²) >= 11 is 0. The van der Waals surface area contributed by atoms with Crippen molar-refractivity contribution in [2.24, 2.45) is 7.05 Å². The van der Waals surface area contributed by atoms with Gasteiger partial charge in [-0.05, 0) is 39.8 Å². The number of carbonyl (C=O) groups excluding carboxylic acids is 1. The van der Waals surface area contributed by atoms with Gasteiger partial charge in [0.1, 0.15) is 5.60 Å². The normalized spacial score (nSPS) is 18.7. The number of piperidine rings is 1. The third kappa shape index (κ3) is 3.56. The lowest BCUT2D eigenvalue weighted by atomic mass is 9.90. The zero-order valence-electron chi connectivity index (χ0n) is 13.1. The first-order chi connectivity index (χ1) is 9.50. The molecule has 21 heavy (non-hydrogen) atoms.